The molecular weight excluding hydrogens is 284 g/mol. The summed E-state index contributed by atoms with van der Waals surface area (Å²) in [6.45, 7) is 4.31. The van der Waals surface area contributed by atoms with Crippen LogP contribution < -0.4 is 11.1 Å². The van der Waals surface area contributed by atoms with E-state index in [0.29, 0.717) is 38.5 Å². The van der Waals surface area contributed by atoms with E-state index < -0.39 is 18.0 Å². The molecule has 7 nitrogen and oxygen atoms in total. The van der Waals surface area contributed by atoms with Gasteiger partial charge in [-0.15, -0.1) is 0 Å². The first kappa shape index (κ1) is 16.7. The normalized spacial score (nSPS) is 21.6. The van der Waals surface area contributed by atoms with Crippen LogP contribution in [0.3, 0.4) is 0 Å². The van der Waals surface area contributed by atoms with Crippen molar-refractivity contribution in [2.24, 2.45) is 11.7 Å². The maximum Gasteiger partial charge on any atom is 0.318 e. The number of hydrogen-bond donors (Lipinski definition) is 2. The van der Waals surface area contributed by atoms with Crippen molar-refractivity contribution < 1.29 is 14.4 Å². The zero-order valence-electron chi connectivity index (χ0n) is 13.2. The number of piperazine rings is 1. The highest BCUT2D eigenvalue weighted by Gasteiger charge is 2.29. The lowest BCUT2D eigenvalue weighted by Crippen LogP contribution is -2.56. The van der Waals surface area contributed by atoms with Crippen LogP contribution in [-0.2, 0) is 9.59 Å². The van der Waals surface area contributed by atoms with Crippen LogP contribution in [-0.4, -0.2) is 59.9 Å². The van der Waals surface area contributed by atoms with E-state index in [1.165, 1.54) is 25.7 Å². The fraction of sp³-hybridized carbons (Fsp3) is 0.800. The summed E-state index contributed by atoms with van der Waals surface area (Å²) in [6, 6.07) is -1.25. The van der Waals surface area contributed by atoms with Crippen LogP contribution in [0.2, 0.25) is 0 Å². The number of primary amides is 1. The third kappa shape index (κ3) is 4.43. The Balaban J connectivity index is 1.75. The average molecular weight is 310 g/mol. The maximum absolute atomic E-state index is 12.3. The van der Waals surface area contributed by atoms with Crippen molar-refractivity contribution in [3.8, 4) is 0 Å². The van der Waals surface area contributed by atoms with Crippen LogP contribution in [0.25, 0.3) is 0 Å². The lowest BCUT2D eigenvalue weighted by atomic mass is 10.0. The van der Waals surface area contributed by atoms with Crippen molar-refractivity contribution in [2.75, 3.05) is 26.2 Å². The molecule has 0 spiro atoms. The van der Waals surface area contributed by atoms with Crippen LogP contribution in [0.15, 0.2) is 0 Å². The van der Waals surface area contributed by atoms with E-state index in [1.54, 1.807) is 6.92 Å². The minimum absolute atomic E-state index is 0.237. The molecule has 2 fully saturated rings. The first-order valence-electron chi connectivity index (χ1n) is 8.09. The SMILES string of the molecule is C[C@H](C(=O)NC(N)=O)N1CCN(C(=O)CC2CCCC2)CC1. The van der Waals surface area contributed by atoms with E-state index in [2.05, 4.69) is 5.32 Å². The molecule has 2 rings (SSSR count). The fourth-order valence-corrected chi connectivity index (χ4v) is 3.34. The highest BCUT2D eigenvalue weighted by Crippen LogP contribution is 2.28. The van der Waals surface area contributed by atoms with Crippen molar-refractivity contribution >= 4 is 17.8 Å². The molecule has 22 heavy (non-hydrogen) atoms. The van der Waals surface area contributed by atoms with Crippen molar-refractivity contribution in [1.29, 1.82) is 0 Å². The first-order chi connectivity index (χ1) is 10.5. The highest BCUT2D eigenvalue weighted by atomic mass is 16.2. The van der Waals surface area contributed by atoms with Gasteiger partial charge in [-0.05, 0) is 25.7 Å². The number of urea groups is 1. The molecule has 0 radical (unpaired) electrons. The van der Waals surface area contributed by atoms with Crippen LogP contribution >= 0.6 is 0 Å². The predicted molar refractivity (Wildman–Crippen MR) is 81.9 cm³/mol. The van der Waals surface area contributed by atoms with Crippen LogP contribution in [0, 0.1) is 5.92 Å². The monoisotopic (exact) mass is 310 g/mol. The van der Waals surface area contributed by atoms with Gasteiger partial charge in [-0.3, -0.25) is 19.8 Å². The van der Waals surface area contributed by atoms with E-state index in [1.807, 2.05) is 9.80 Å². The van der Waals surface area contributed by atoms with Gasteiger partial charge in [0.1, 0.15) is 0 Å². The number of nitrogens with two attached hydrogens (primary N) is 1. The molecule has 3 N–H and O–H groups in total. The van der Waals surface area contributed by atoms with Crippen LogP contribution in [0.4, 0.5) is 4.79 Å². The maximum atomic E-state index is 12.3. The van der Waals surface area contributed by atoms with Gasteiger partial charge in [-0.2, -0.15) is 0 Å². The number of amides is 4. The van der Waals surface area contributed by atoms with Crippen molar-refractivity contribution in [1.82, 2.24) is 15.1 Å². The molecule has 1 aliphatic heterocycles. The Morgan fingerprint density at radius 2 is 1.73 bits per heavy atom. The Hall–Kier alpha value is -1.63. The number of carbonyl (C=O) groups is 3. The van der Waals surface area contributed by atoms with Gasteiger partial charge in [-0.25, -0.2) is 4.79 Å². The summed E-state index contributed by atoms with van der Waals surface area (Å²) in [4.78, 5) is 38.6. The average Bonchev–Trinajstić information content (AvgIpc) is 2.98. The van der Waals surface area contributed by atoms with Gasteiger partial charge in [0.15, 0.2) is 0 Å². The van der Waals surface area contributed by atoms with Crippen molar-refractivity contribution in [3.63, 3.8) is 0 Å². The molecule has 0 aromatic rings. The molecule has 0 aromatic carbocycles. The first-order valence-corrected chi connectivity index (χ1v) is 8.09. The Morgan fingerprint density at radius 1 is 1.14 bits per heavy atom. The molecule has 0 bridgehead atoms. The smallest absolute Gasteiger partial charge is 0.318 e. The molecule has 1 heterocycles. The van der Waals surface area contributed by atoms with Gasteiger partial charge < -0.3 is 10.6 Å². The van der Waals surface area contributed by atoms with E-state index >= 15 is 0 Å². The van der Waals surface area contributed by atoms with Gasteiger partial charge in [0.05, 0.1) is 6.04 Å². The molecule has 0 aromatic heterocycles. The zero-order valence-corrected chi connectivity index (χ0v) is 13.2. The largest absolute Gasteiger partial charge is 0.351 e. The molecule has 1 saturated heterocycles. The van der Waals surface area contributed by atoms with Crippen molar-refractivity contribution in [2.45, 2.75) is 45.1 Å². The van der Waals surface area contributed by atoms with Crippen molar-refractivity contribution in [3.05, 3.63) is 0 Å². The standard InChI is InChI=1S/C15H26N4O3/c1-11(14(21)17-15(16)22)18-6-8-19(9-7-18)13(20)10-12-4-2-3-5-12/h11-12H,2-10H2,1H3,(H3,16,17,21,22)/t11-/m1/s1. The zero-order chi connectivity index (χ0) is 16.1. The second kappa shape index (κ2) is 7.58. The molecule has 4 amide bonds. The minimum atomic E-state index is -0.831. The number of nitrogens with zero attached hydrogens (tertiary/aromatic N) is 2. The second-order valence-electron chi connectivity index (χ2n) is 6.30. The minimum Gasteiger partial charge on any atom is -0.351 e. The van der Waals surface area contributed by atoms with E-state index in [0.717, 1.165) is 0 Å². The molecule has 1 aliphatic carbocycles. The fourth-order valence-electron chi connectivity index (χ4n) is 3.34. The Bertz CT molecular complexity index is 427. The summed E-state index contributed by atoms with van der Waals surface area (Å²) in [7, 11) is 0. The summed E-state index contributed by atoms with van der Waals surface area (Å²) in [5.74, 6) is 0.407. The van der Waals surface area contributed by atoms with Gasteiger partial charge in [0.25, 0.3) is 0 Å². The Kier molecular flexibility index (Phi) is 5.76. The van der Waals surface area contributed by atoms with Gasteiger partial charge >= 0.3 is 6.03 Å². The molecule has 1 atom stereocenters. The van der Waals surface area contributed by atoms with Gasteiger partial charge in [-0.1, -0.05) is 12.8 Å². The number of carbonyl (C=O) groups excluding carboxylic acids is 3. The molecule has 124 valence electrons. The molecule has 0 unspecified atom stereocenters. The summed E-state index contributed by atoms with van der Waals surface area (Å²) < 4.78 is 0. The molecule has 7 heteroatoms. The summed E-state index contributed by atoms with van der Waals surface area (Å²) in [5.41, 5.74) is 4.96. The van der Waals surface area contributed by atoms with E-state index in [-0.39, 0.29) is 5.91 Å². The van der Waals surface area contributed by atoms with E-state index in [9.17, 15) is 14.4 Å². The quantitative estimate of drug-likeness (QED) is 0.780. The molecular formula is C15H26N4O3. The summed E-state index contributed by atoms with van der Waals surface area (Å²) in [6.07, 6.45) is 5.51. The second-order valence-corrected chi connectivity index (χ2v) is 6.30. The van der Waals surface area contributed by atoms with Gasteiger partial charge in [0.2, 0.25) is 11.8 Å². The molecule has 2 aliphatic rings. The third-order valence-electron chi connectivity index (χ3n) is 4.78. The van der Waals surface area contributed by atoms with Crippen LogP contribution in [0.5, 0.6) is 0 Å². The highest BCUT2D eigenvalue weighted by molar-refractivity contribution is 5.96. The lowest BCUT2D eigenvalue weighted by molar-refractivity contribution is -0.135. The number of hydrogen-bond acceptors (Lipinski definition) is 4. The Labute approximate surface area is 131 Å². The summed E-state index contributed by atoms with van der Waals surface area (Å²) >= 11 is 0. The number of imide groups is 1. The topological polar surface area (TPSA) is 95.7 Å². The predicted octanol–water partition coefficient (Wildman–Crippen LogP) is 0.294. The van der Waals surface area contributed by atoms with Gasteiger partial charge in [0, 0.05) is 32.6 Å². The number of nitrogens with one attached hydrogen (secondary N) is 1. The van der Waals surface area contributed by atoms with Crippen LogP contribution in [0.1, 0.15) is 39.0 Å². The molecule has 1 saturated carbocycles. The lowest BCUT2D eigenvalue weighted by Gasteiger charge is -2.37. The van der Waals surface area contributed by atoms with E-state index in [4.69, 9.17) is 5.73 Å². The number of rotatable bonds is 4. The summed E-state index contributed by atoms with van der Waals surface area (Å²) in [5, 5.41) is 2.10. The third-order valence-corrected chi connectivity index (χ3v) is 4.78. The Morgan fingerprint density at radius 3 is 2.27 bits per heavy atom.